The fourth-order valence-corrected chi connectivity index (χ4v) is 3.79. The number of aryl methyl sites for hydroxylation is 2. The standard InChI is InChI=1S/C23H31N3O/c1-17-8-9-20(11-18(17)2)14-25-13-19-5-3-6-21(12-19)15-26-10-4-7-22(16-26)23(24)27/h3,5-6,8-9,11-12,22,25H,4,7,10,13-16H2,1-2H3,(H2,24,27). The Morgan fingerprint density at radius 2 is 1.81 bits per heavy atom. The normalized spacial score (nSPS) is 17.8. The van der Waals surface area contributed by atoms with Gasteiger partial charge in [0.05, 0.1) is 5.92 Å². The van der Waals surface area contributed by atoms with Gasteiger partial charge in [-0.2, -0.15) is 0 Å². The van der Waals surface area contributed by atoms with E-state index in [0.29, 0.717) is 0 Å². The zero-order chi connectivity index (χ0) is 19.2. The number of nitrogens with two attached hydrogens (primary N) is 1. The molecule has 2 aromatic carbocycles. The van der Waals surface area contributed by atoms with Gasteiger partial charge in [-0.25, -0.2) is 0 Å². The van der Waals surface area contributed by atoms with E-state index in [2.05, 4.69) is 66.5 Å². The lowest BCUT2D eigenvalue weighted by Gasteiger charge is -2.31. The lowest BCUT2D eigenvalue weighted by molar-refractivity contribution is -0.123. The second-order valence-corrected chi connectivity index (χ2v) is 7.82. The van der Waals surface area contributed by atoms with Crippen molar-refractivity contribution in [3.63, 3.8) is 0 Å². The number of amides is 1. The van der Waals surface area contributed by atoms with Crippen molar-refractivity contribution in [2.75, 3.05) is 13.1 Å². The van der Waals surface area contributed by atoms with Gasteiger partial charge in [0, 0.05) is 26.2 Å². The summed E-state index contributed by atoms with van der Waals surface area (Å²) >= 11 is 0. The van der Waals surface area contributed by atoms with E-state index in [4.69, 9.17) is 5.73 Å². The minimum absolute atomic E-state index is 0.00145. The summed E-state index contributed by atoms with van der Waals surface area (Å²) < 4.78 is 0. The van der Waals surface area contributed by atoms with Gasteiger partial charge in [0.2, 0.25) is 5.91 Å². The summed E-state index contributed by atoms with van der Waals surface area (Å²) in [6.07, 6.45) is 1.97. The van der Waals surface area contributed by atoms with Crippen LogP contribution in [-0.2, 0) is 24.4 Å². The number of primary amides is 1. The maximum atomic E-state index is 11.5. The predicted octanol–water partition coefficient (Wildman–Crippen LogP) is 3.29. The number of nitrogens with zero attached hydrogens (tertiary/aromatic N) is 1. The van der Waals surface area contributed by atoms with Gasteiger partial charge < -0.3 is 11.1 Å². The molecule has 1 heterocycles. The first-order valence-electron chi connectivity index (χ1n) is 9.87. The number of carbonyl (C=O) groups is 1. The summed E-state index contributed by atoms with van der Waals surface area (Å²) in [7, 11) is 0. The van der Waals surface area contributed by atoms with E-state index in [-0.39, 0.29) is 11.8 Å². The van der Waals surface area contributed by atoms with E-state index in [0.717, 1.165) is 45.6 Å². The molecule has 3 N–H and O–H groups in total. The minimum Gasteiger partial charge on any atom is -0.369 e. The lowest BCUT2D eigenvalue weighted by Crippen LogP contribution is -2.40. The summed E-state index contributed by atoms with van der Waals surface area (Å²) in [5.41, 5.74) is 12.1. The zero-order valence-corrected chi connectivity index (χ0v) is 16.5. The van der Waals surface area contributed by atoms with E-state index in [9.17, 15) is 4.79 Å². The first-order chi connectivity index (χ1) is 13.0. The molecule has 0 spiro atoms. The number of carbonyl (C=O) groups excluding carboxylic acids is 1. The van der Waals surface area contributed by atoms with Crippen LogP contribution in [0.1, 0.15) is 40.7 Å². The molecule has 2 aromatic rings. The van der Waals surface area contributed by atoms with E-state index < -0.39 is 0 Å². The number of benzene rings is 2. The molecule has 1 unspecified atom stereocenters. The minimum atomic E-state index is -0.163. The smallest absolute Gasteiger partial charge is 0.221 e. The number of rotatable bonds is 7. The molecule has 0 aromatic heterocycles. The van der Waals surface area contributed by atoms with Gasteiger partial charge in [-0.05, 0) is 61.1 Å². The zero-order valence-electron chi connectivity index (χ0n) is 16.5. The van der Waals surface area contributed by atoms with Crippen molar-refractivity contribution in [2.45, 2.75) is 46.3 Å². The average molecular weight is 366 g/mol. The number of hydrogen-bond donors (Lipinski definition) is 2. The molecule has 3 rings (SSSR count). The van der Waals surface area contributed by atoms with Gasteiger partial charge in [0.15, 0.2) is 0 Å². The number of nitrogens with one attached hydrogen (secondary N) is 1. The van der Waals surface area contributed by atoms with Gasteiger partial charge in [-0.15, -0.1) is 0 Å². The number of likely N-dealkylation sites (tertiary alicyclic amines) is 1. The maximum absolute atomic E-state index is 11.5. The topological polar surface area (TPSA) is 58.4 Å². The highest BCUT2D eigenvalue weighted by Crippen LogP contribution is 2.19. The Morgan fingerprint density at radius 1 is 1.07 bits per heavy atom. The van der Waals surface area contributed by atoms with Gasteiger partial charge in [-0.3, -0.25) is 9.69 Å². The highest BCUT2D eigenvalue weighted by atomic mass is 16.1. The van der Waals surface area contributed by atoms with Crippen LogP contribution in [0.5, 0.6) is 0 Å². The van der Waals surface area contributed by atoms with Crippen molar-refractivity contribution in [3.05, 3.63) is 70.3 Å². The fraction of sp³-hybridized carbons (Fsp3) is 0.435. The highest BCUT2D eigenvalue weighted by Gasteiger charge is 2.23. The van der Waals surface area contributed by atoms with Gasteiger partial charge in [0.25, 0.3) is 0 Å². The Balaban J connectivity index is 1.52. The molecule has 1 aliphatic rings. The molecule has 1 fully saturated rings. The van der Waals surface area contributed by atoms with Crippen LogP contribution in [0.15, 0.2) is 42.5 Å². The average Bonchev–Trinajstić information content (AvgIpc) is 2.65. The summed E-state index contributed by atoms with van der Waals surface area (Å²) in [4.78, 5) is 13.8. The Kier molecular flexibility index (Phi) is 6.64. The van der Waals surface area contributed by atoms with Crippen LogP contribution in [0.2, 0.25) is 0 Å². The van der Waals surface area contributed by atoms with Crippen LogP contribution in [0.25, 0.3) is 0 Å². The molecule has 27 heavy (non-hydrogen) atoms. The van der Waals surface area contributed by atoms with Gasteiger partial charge in [0.1, 0.15) is 0 Å². The van der Waals surface area contributed by atoms with Crippen LogP contribution in [0.3, 0.4) is 0 Å². The molecule has 0 aliphatic carbocycles. The molecule has 0 radical (unpaired) electrons. The monoisotopic (exact) mass is 365 g/mol. The predicted molar refractivity (Wildman–Crippen MR) is 110 cm³/mol. The number of hydrogen-bond acceptors (Lipinski definition) is 3. The SMILES string of the molecule is Cc1ccc(CNCc2cccc(CN3CCCC(C(N)=O)C3)c2)cc1C. The summed E-state index contributed by atoms with van der Waals surface area (Å²) in [6, 6.07) is 15.4. The van der Waals surface area contributed by atoms with Crippen molar-refractivity contribution < 1.29 is 4.79 Å². The van der Waals surface area contributed by atoms with Crippen LogP contribution in [0.4, 0.5) is 0 Å². The Labute approximate surface area is 162 Å². The second-order valence-electron chi connectivity index (χ2n) is 7.82. The molecule has 4 heteroatoms. The van der Waals surface area contributed by atoms with E-state index >= 15 is 0 Å². The van der Waals surface area contributed by atoms with Crippen molar-refractivity contribution in [1.82, 2.24) is 10.2 Å². The molecule has 0 bridgehead atoms. The van der Waals surface area contributed by atoms with Crippen LogP contribution in [0, 0.1) is 19.8 Å². The third-order valence-electron chi connectivity index (χ3n) is 5.54. The molecule has 1 saturated heterocycles. The largest absolute Gasteiger partial charge is 0.369 e. The lowest BCUT2D eigenvalue weighted by atomic mass is 9.97. The molecule has 0 saturated carbocycles. The molecule has 1 aliphatic heterocycles. The van der Waals surface area contributed by atoms with Crippen LogP contribution >= 0.6 is 0 Å². The highest BCUT2D eigenvalue weighted by molar-refractivity contribution is 5.76. The van der Waals surface area contributed by atoms with E-state index in [1.165, 1.54) is 27.8 Å². The van der Waals surface area contributed by atoms with Crippen LogP contribution < -0.4 is 11.1 Å². The number of piperidine rings is 1. The molecular weight excluding hydrogens is 334 g/mol. The Morgan fingerprint density at radius 3 is 2.56 bits per heavy atom. The van der Waals surface area contributed by atoms with E-state index in [1.807, 2.05) is 0 Å². The van der Waals surface area contributed by atoms with Crippen molar-refractivity contribution in [3.8, 4) is 0 Å². The first kappa shape index (κ1) is 19.6. The summed E-state index contributed by atoms with van der Waals surface area (Å²) in [5.74, 6) is -0.162. The van der Waals surface area contributed by atoms with Crippen molar-refractivity contribution in [1.29, 1.82) is 0 Å². The third-order valence-corrected chi connectivity index (χ3v) is 5.54. The molecular formula is C23H31N3O. The van der Waals surface area contributed by atoms with Crippen molar-refractivity contribution in [2.24, 2.45) is 11.7 Å². The van der Waals surface area contributed by atoms with Gasteiger partial charge in [-0.1, -0.05) is 42.5 Å². The molecule has 144 valence electrons. The van der Waals surface area contributed by atoms with Crippen molar-refractivity contribution >= 4 is 5.91 Å². The Hall–Kier alpha value is -2.17. The summed E-state index contributed by atoms with van der Waals surface area (Å²) in [6.45, 7) is 8.73. The van der Waals surface area contributed by atoms with E-state index in [1.54, 1.807) is 0 Å². The fourth-order valence-electron chi connectivity index (χ4n) is 3.79. The third kappa shape index (κ3) is 5.65. The van der Waals surface area contributed by atoms with Crippen LogP contribution in [-0.4, -0.2) is 23.9 Å². The maximum Gasteiger partial charge on any atom is 0.221 e. The quantitative estimate of drug-likeness (QED) is 0.792. The van der Waals surface area contributed by atoms with Gasteiger partial charge >= 0.3 is 0 Å². The summed E-state index contributed by atoms with van der Waals surface area (Å²) in [5, 5.41) is 3.54. The first-order valence-corrected chi connectivity index (χ1v) is 9.87. The molecule has 4 nitrogen and oxygen atoms in total. The molecule has 1 atom stereocenters. The second kappa shape index (κ2) is 9.16. The molecule has 1 amide bonds. The Bertz CT molecular complexity index is 787.